The number of pyridine rings is 4. The van der Waals surface area contributed by atoms with Gasteiger partial charge in [-0.3, -0.25) is 19.9 Å². The van der Waals surface area contributed by atoms with Crippen molar-refractivity contribution in [1.82, 2.24) is 19.9 Å². The van der Waals surface area contributed by atoms with Crippen molar-refractivity contribution in [3.05, 3.63) is 307 Å². The molecule has 0 fully saturated rings. The predicted octanol–water partition coefficient (Wildman–Crippen LogP) is 9.78. The van der Waals surface area contributed by atoms with E-state index >= 15 is 0 Å². The van der Waals surface area contributed by atoms with Gasteiger partial charge in [0, 0.05) is 76.5 Å². The summed E-state index contributed by atoms with van der Waals surface area (Å²) in [6, 6.07) is 59.2. The molecule has 0 aliphatic carbocycles. The molecule has 0 spiro atoms. The summed E-state index contributed by atoms with van der Waals surface area (Å²) >= 11 is 33.0. The van der Waals surface area contributed by atoms with E-state index in [9.17, 15) is 59.4 Å². The molecule has 90 heavy (non-hydrogen) atoms. The fourth-order valence-electron chi connectivity index (χ4n) is 6.88. The van der Waals surface area contributed by atoms with E-state index in [-0.39, 0.29) is 98.8 Å². The quantitative estimate of drug-likeness (QED) is 0.140. The molecular weight excluding hydrogens is 1430 g/mol. The molecule has 4 heterocycles. The normalized spacial score (nSPS) is 9.58. The molecule has 0 saturated carbocycles. The van der Waals surface area contributed by atoms with E-state index in [1.54, 1.807) is 24.8 Å². The summed E-state index contributed by atoms with van der Waals surface area (Å²) in [5, 5.41) is 68.6. The molecule has 0 unspecified atom stereocenters. The van der Waals surface area contributed by atoms with Crippen LogP contribution in [0.3, 0.4) is 0 Å². The molecule has 0 amide bonds. The molecule has 4 aromatic heterocycles. The van der Waals surface area contributed by atoms with Crippen LogP contribution in [-0.2, 0) is 65.4 Å². The fraction of sp³-hybridized carbons (Fsp3) is 0. The third kappa shape index (κ3) is 26.3. The maximum absolute atomic E-state index is 10.2. The molecule has 0 radical (unpaired) electrons. The van der Waals surface area contributed by atoms with Crippen molar-refractivity contribution in [2.24, 2.45) is 0 Å². The number of carbonyl (C=O) groups is 6. The van der Waals surface area contributed by atoms with E-state index in [1.807, 2.05) is 24.3 Å². The molecule has 444 valence electrons. The number of carboxylic acids is 6. The van der Waals surface area contributed by atoms with Crippen LogP contribution < -0.4 is 30.6 Å². The van der Waals surface area contributed by atoms with Crippen LogP contribution in [0.15, 0.2) is 243 Å². The third-order valence-electron chi connectivity index (χ3n) is 11.2. The van der Waals surface area contributed by atoms with Crippen molar-refractivity contribution in [3.63, 3.8) is 0 Å². The Labute approximate surface area is 594 Å². The van der Waals surface area contributed by atoms with E-state index in [0.29, 0.717) is 30.1 Å². The van der Waals surface area contributed by atoms with E-state index in [4.69, 9.17) is 69.6 Å². The standard InChI is InChI=1S/2C12H8N2.6C7H5ClO2.2Y/c2*1-3-9-5-6-10-4-2-8-14-12(10)11(9)13-7-1;6*8-6-3-1-5(2-4-6)7(9)10;;/h2*1-8H;6*1-4H,(H,9,10);;/q;;;;;;;;2*+3/p-6. The van der Waals surface area contributed by atoms with Gasteiger partial charge in [-0.2, -0.15) is 0 Å². The van der Waals surface area contributed by atoms with Gasteiger partial charge in [-0.05, 0) is 130 Å². The fourth-order valence-corrected chi connectivity index (χ4v) is 7.63. The van der Waals surface area contributed by atoms with E-state index in [0.717, 1.165) is 43.6 Å². The predicted molar refractivity (Wildman–Crippen MR) is 329 cm³/mol. The Bertz CT molecular complexity index is 3650. The number of halogens is 6. The molecule has 24 heteroatoms. The molecule has 12 rings (SSSR count). The van der Waals surface area contributed by atoms with Crippen LogP contribution >= 0.6 is 69.6 Å². The van der Waals surface area contributed by atoms with Crippen LogP contribution in [0.5, 0.6) is 0 Å². The second-order valence-corrected chi connectivity index (χ2v) is 19.8. The maximum Gasteiger partial charge on any atom is 3.00 e. The van der Waals surface area contributed by atoms with Crippen LogP contribution in [0.1, 0.15) is 62.1 Å². The minimum atomic E-state index is -1.18. The van der Waals surface area contributed by atoms with Crippen LogP contribution in [0.25, 0.3) is 43.6 Å². The second kappa shape index (κ2) is 40.0. The SMILES string of the molecule is O=C([O-])c1ccc(Cl)cc1.O=C([O-])c1ccc(Cl)cc1.O=C([O-])c1ccc(Cl)cc1.O=C([O-])c1ccc(Cl)cc1.O=C([O-])c1ccc(Cl)cc1.O=C([O-])c1ccc(Cl)cc1.[Y+3].[Y+3].c1cnc2c(c1)ccc1cccnc12.c1cnc2c(c1)ccc1cccnc12. The summed E-state index contributed by atoms with van der Waals surface area (Å²) < 4.78 is 0. The topological polar surface area (TPSA) is 292 Å². The maximum atomic E-state index is 10.2. The van der Waals surface area contributed by atoms with Crippen molar-refractivity contribution in [2.45, 2.75) is 0 Å². The van der Waals surface area contributed by atoms with Gasteiger partial charge in [-0.25, -0.2) is 0 Å². The first-order valence-corrected chi connectivity index (χ1v) is 27.3. The number of benzene rings is 8. The Morgan fingerprint density at radius 2 is 0.356 bits per heavy atom. The minimum Gasteiger partial charge on any atom is -0.545 e. The Morgan fingerprint density at radius 3 is 0.478 bits per heavy atom. The number of aromatic nitrogens is 4. The van der Waals surface area contributed by atoms with Gasteiger partial charge in [0.2, 0.25) is 0 Å². The van der Waals surface area contributed by atoms with Crippen molar-refractivity contribution < 1.29 is 125 Å². The third-order valence-corrected chi connectivity index (χ3v) is 12.7. The van der Waals surface area contributed by atoms with Gasteiger partial charge in [0.15, 0.2) is 0 Å². The zero-order chi connectivity index (χ0) is 64.1. The van der Waals surface area contributed by atoms with Crippen LogP contribution in [0.2, 0.25) is 30.1 Å². The second-order valence-electron chi connectivity index (χ2n) is 17.2. The summed E-state index contributed by atoms with van der Waals surface area (Å²) in [6.45, 7) is 0. The summed E-state index contributed by atoms with van der Waals surface area (Å²) in [4.78, 5) is 78.3. The molecular formula is C66H40Cl6N4O12Y2. The molecule has 0 atom stereocenters. The van der Waals surface area contributed by atoms with Crippen LogP contribution in [0.4, 0.5) is 0 Å². The zero-order valence-corrected chi connectivity index (χ0v) is 56.4. The number of nitrogens with zero attached hydrogens (tertiary/aromatic N) is 4. The summed E-state index contributed by atoms with van der Waals surface area (Å²) in [6.07, 6.45) is 7.21. The first-order chi connectivity index (χ1) is 42.1. The number of carboxylic acid groups (broad SMARTS) is 6. The van der Waals surface area contributed by atoms with Crippen LogP contribution in [-0.4, -0.2) is 55.8 Å². The zero-order valence-electron chi connectivity index (χ0n) is 46.2. The summed E-state index contributed by atoms with van der Waals surface area (Å²) in [7, 11) is 0. The number of aromatic carboxylic acids is 6. The van der Waals surface area contributed by atoms with Gasteiger partial charge >= 0.3 is 65.4 Å². The van der Waals surface area contributed by atoms with Gasteiger partial charge in [0.1, 0.15) is 0 Å². The Balaban J connectivity index is 0.000000269. The molecule has 0 aliphatic rings. The average Bonchev–Trinajstić information content (AvgIpc) is 1.07. The van der Waals surface area contributed by atoms with Gasteiger partial charge in [-0.1, -0.05) is 191 Å². The number of hydrogen-bond acceptors (Lipinski definition) is 16. The monoisotopic (exact) mass is 1470 g/mol. The molecule has 0 saturated heterocycles. The van der Waals surface area contributed by atoms with Crippen molar-refractivity contribution in [1.29, 1.82) is 0 Å². The van der Waals surface area contributed by atoms with Crippen molar-refractivity contribution >= 4 is 149 Å². The number of fused-ring (bicyclic) bond motifs is 6. The van der Waals surface area contributed by atoms with Crippen molar-refractivity contribution in [3.8, 4) is 0 Å². The van der Waals surface area contributed by atoms with Gasteiger partial charge in [-0.15, -0.1) is 0 Å². The summed E-state index contributed by atoms with van der Waals surface area (Å²) in [5.74, 6) is -7.10. The minimum absolute atomic E-state index is 0. The van der Waals surface area contributed by atoms with Gasteiger partial charge in [0.25, 0.3) is 0 Å². The Kier molecular flexibility index (Phi) is 34.0. The number of carbonyl (C=O) groups excluding carboxylic acids is 6. The van der Waals surface area contributed by atoms with E-state index < -0.39 is 35.8 Å². The molecule has 0 N–H and O–H groups in total. The first kappa shape index (κ1) is 76.4. The number of hydrogen-bond donors (Lipinski definition) is 0. The largest absolute Gasteiger partial charge is 3.00 e. The van der Waals surface area contributed by atoms with E-state index in [2.05, 4.69) is 68.5 Å². The Hall–Kier alpha value is -7.83. The average molecular weight is 1470 g/mol. The number of rotatable bonds is 6. The van der Waals surface area contributed by atoms with Crippen molar-refractivity contribution in [2.75, 3.05) is 0 Å². The molecule has 8 aromatic carbocycles. The summed E-state index contributed by atoms with van der Waals surface area (Å²) in [5.41, 5.74) is 4.77. The van der Waals surface area contributed by atoms with Gasteiger partial charge < -0.3 is 59.4 Å². The molecule has 0 aliphatic heterocycles. The van der Waals surface area contributed by atoms with Crippen LogP contribution in [0, 0.1) is 0 Å². The molecule has 12 aromatic rings. The van der Waals surface area contributed by atoms with E-state index in [1.165, 1.54) is 146 Å². The molecule has 16 nitrogen and oxygen atoms in total. The smallest absolute Gasteiger partial charge is 0.545 e. The van der Waals surface area contributed by atoms with Gasteiger partial charge in [0.05, 0.1) is 57.9 Å². The Morgan fingerprint density at radius 1 is 0.222 bits per heavy atom. The molecule has 0 bridgehead atoms. The first-order valence-electron chi connectivity index (χ1n) is 25.1.